The fourth-order valence-electron chi connectivity index (χ4n) is 8.13. The molecule has 7 heteroatoms. The van der Waals surface area contributed by atoms with Crippen LogP contribution in [0.15, 0.2) is 27.6 Å². The molecule has 1 aromatic rings. The summed E-state index contributed by atoms with van der Waals surface area (Å²) in [6, 6.07) is 3.95. The van der Waals surface area contributed by atoms with Gasteiger partial charge in [-0.1, -0.05) is 12.5 Å². The maximum Gasteiger partial charge on any atom is 0.194 e. The molecule has 1 aliphatic heterocycles. The molecule has 8 atom stereocenters. The van der Waals surface area contributed by atoms with Gasteiger partial charge in [0.05, 0.1) is 14.8 Å². The third kappa shape index (κ3) is 2.84. The number of hydrogen-bond acceptors (Lipinski definition) is 6. The van der Waals surface area contributed by atoms with Gasteiger partial charge in [-0.2, -0.15) is 0 Å². The summed E-state index contributed by atoms with van der Waals surface area (Å²) in [7, 11) is 0. The number of carbonyl (C=O) groups excluding carboxylic acids is 2. The van der Waals surface area contributed by atoms with Gasteiger partial charge in [-0.3, -0.25) is 9.59 Å². The lowest BCUT2D eigenvalue weighted by molar-refractivity contribution is -0.185. The molecule has 0 spiro atoms. The van der Waals surface area contributed by atoms with Crippen LogP contribution in [0.2, 0.25) is 0 Å². The van der Waals surface area contributed by atoms with Gasteiger partial charge >= 0.3 is 0 Å². The summed E-state index contributed by atoms with van der Waals surface area (Å²) in [4.78, 5) is 26.3. The third-order valence-corrected chi connectivity index (χ3v) is 11.1. The number of rotatable bonds is 3. The number of Topliss-reactive ketones (excluding diaryl/α,β-unsaturated/α-hetero) is 1. The molecule has 6 rings (SSSR count). The predicted octanol–water partition coefficient (Wildman–Crippen LogP) is 4.98. The second-order valence-corrected chi connectivity index (χ2v) is 13.0. The van der Waals surface area contributed by atoms with Crippen molar-refractivity contribution in [3.63, 3.8) is 0 Å². The topological polar surface area (TPSA) is 72.8 Å². The zero-order valence-electron chi connectivity index (χ0n) is 18.2. The Labute approximate surface area is 200 Å². The second kappa shape index (κ2) is 7.57. The monoisotopic (exact) mass is 520 g/mol. The largest absolute Gasteiger partial charge is 0.388 e. The SMILES string of the molecule is C[C@]12CC[C@H]3[C@@H](CCC4=CC(=O)CC[C@@H]43)[C@@H]1C[C@H]1O[C@H](c3ccc(Br)s3)O[C@]12C(=O)CO. The number of thiophene rings is 1. The lowest BCUT2D eigenvalue weighted by Crippen LogP contribution is -2.59. The first-order chi connectivity index (χ1) is 15.4. The highest BCUT2D eigenvalue weighted by atomic mass is 79.9. The molecule has 32 heavy (non-hydrogen) atoms. The number of aliphatic hydroxyl groups excluding tert-OH is 1. The summed E-state index contributed by atoms with van der Waals surface area (Å²) >= 11 is 5.07. The van der Waals surface area contributed by atoms with Crippen molar-refractivity contribution in [1.29, 1.82) is 0 Å². The molecule has 3 saturated carbocycles. The number of hydrogen-bond donors (Lipinski definition) is 1. The summed E-state index contributed by atoms with van der Waals surface area (Å²) < 4.78 is 14.0. The van der Waals surface area contributed by atoms with E-state index < -0.39 is 18.5 Å². The normalized spacial score (nSPS) is 45.0. The van der Waals surface area contributed by atoms with Crippen LogP contribution in [0.4, 0.5) is 0 Å². The zero-order chi connectivity index (χ0) is 22.3. The average molecular weight is 521 g/mol. The Morgan fingerprint density at radius 2 is 2.09 bits per heavy atom. The van der Waals surface area contributed by atoms with Crippen molar-refractivity contribution in [1.82, 2.24) is 0 Å². The van der Waals surface area contributed by atoms with Crippen molar-refractivity contribution in [3.05, 3.63) is 32.4 Å². The molecule has 172 valence electrons. The van der Waals surface area contributed by atoms with Gasteiger partial charge in [-0.15, -0.1) is 11.3 Å². The Morgan fingerprint density at radius 3 is 2.84 bits per heavy atom. The van der Waals surface area contributed by atoms with Crippen LogP contribution < -0.4 is 0 Å². The number of aliphatic hydroxyl groups is 1. The van der Waals surface area contributed by atoms with Crippen LogP contribution in [0.5, 0.6) is 0 Å². The van der Waals surface area contributed by atoms with Crippen LogP contribution in [0.25, 0.3) is 0 Å². The van der Waals surface area contributed by atoms with Crippen LogP contribution in [0.1, 0.15) is 63.0 Å². The van der Waals surface area contributed by atoms with E-state index in [0.717, 1.165) is 47.2 Å². The van der Waals surface area contributed by atoms with Crippen LogP contribution in [-0.2, 0) is 19.1 Å². The molecule has 0 radical (unpaired) electrons. The molecule has 1 N–H and O–H groups in total. The van der Waals surface area contributed by atoms with E-state index in [1.54, 1.807) is 11.3 Å². The Hall–Kier alpha value is -0.860. The molecule has 5 aliphatic rings. The van der Waals surface area contributed by atoms with Crippen LogP contribution in [0.3, 0.4) is 0 Å². The summed E-state index contributed by atoms with van der Waals surface area (Å²) in [5, 5.41) is 9.98. The molecule has 4 fully saturated rings. The van der Waals surface area contributed by atoms with Gasteiger partial charge in [0, 0.05) is 11.8 Å². The van der Waals surface area contributed by atoms with Crippen molar-refractivity contribution in [2.24, 2.45) is 29.1 Å². The summed E-state index contributed by atoms with van der Waals surface area (Å²) in [5.41, 5.74) is -0.0774. The third-order valence-electron chi connectivity index (χ3n) is 9.42. The molecule has 1 aromatic heterocycles. The van der Waals surface area contributed by atoms with E-state index >= 15 is 0 Å². The van der Waals surface area contributed by atoms with Gasteiger partial charge in [0.1, 0.15) is 6.61 Å². The molecule has 4 aliphatic carbocycles. The zero-order valence-corrected chi connectivity index (χ0v) is 20.6. The second-order valence-electron chi connectivity index (χ2n) is 10.5. The minimum atomic E-state index is -1.09. The van der Waals surface area contributed by atoms with Gasteiger partial charge in [-0.05, 0) is 96.3 Å². The van der Waals surface area contributed by atoms with Crippen molar-refractivity contribution in [2.45, 2.75) is 69.9 Å². The maximum atomic E-state index is 13.4. The minimum Gasteiger partial charge on any atom is -0.388 e. The van der Waals surface area contributed by atoms with Crippen molar-refractivity contribution < 1.29 is 24.2 Å². The lowest BCUT2D eigenvalue weighted by Gasteiger charge is -2.55. The smallest absolute Gasteiger partial charge is 0.194 e. The number of allylic oxidation sites excluding steroid dienone is 1. The average Bonchev–Trinajstić information content (AvgIpc) is 3.44. The predicted molar refractivity (Wildman–Crippen MR) is 123 cm³/mol. The molecular weight excluding hydrogens is 492 g/mol. The fraction of sp³-hybridized carbons (Fsp3) is 0.680. The minimum absolute atomic E-state index is 0.233. The first-order valence-electron chi connectivity index (χ1n) is 11.8. The summed E-state index contributed by atoms with van der Waals surface area (Å²) in [6.45, 7) is 1.70. The molecule has 0 bridgehead atoms. The maximum absolute atomic E-state index is 13.4. The van der Waals surface area contributed by atoms with E-state index in [4.69, 9.17) is 9.47 Å². The van der Waals surface area contributed by atoms with Gasteiger partial charge in [0.25, 0.3) is 0 Å². The molecule has 0 amide bonds. The summed E-state index contributed by atoms with van der Waals surface area (Å²) in [5.74, 6) is 1.98. The molecule has 5 nitrogen and oxygen atoms in total. The van der Waals surface area contributed by atoms with E-state index in [2.05, 4.69) is 22.9 Å². The van der Waals surface area contributed by atoms with Crippen molar-refractivity contribution >= 4 is 38.8 Å². The molecule has 0 aromatic carbocycles. The highest BCUT2D eigenvalue weighted by Crippen LogP contribution is 2.69. The Kier molecular flexibility index (Phi) is 5.12. The lowest BCUT2D eigenvalue weighted by atomic mass is 9.50. The van der Waals surface area contributed by atoms with Crippen LogP contribution in [0, 0.1) is 29.1 Å². The van der Waals surface area contributed by atoms with E-state index in [0.29, 0.717) is 30.1 Å². The van der Waals surface area contributed by atoms with Gasteiger partial charge in [0.15, 0.2) is 23.5 Å². The van der Waals surface area contributed by atoms with Gasteiger partial charge in [0.2, 0.25) is 0 Å². The number of ether oxygens (including phenoxy) is 2. The van der Waals surface area contributed by atoms with E-state index in [9.17, 15) is 14.7 Å². The number of carbonyl (C=O) groups is 2. The van der Waals surface area contributed by atoms with Gasteiger partial charge in [-0.25, -0.2) is 0 Å². The first-order valence-corrected chi connectivity index (χ1v) is 13.4. The van der Waals surface area contributed by atoms with E-state index in [1.165, 1.54) is 5.57 Å². The van der Waals surface area contributed by atoms with Crippen LogP contribution >= 0.6 is 27.3 Å². The highest BCUT2D eigenvalue weighted by Gasteiger charge is 2.74. The number of halogens is 1. The quantitative estimate of drug-likeness (QED) is 0.608. The number of fused-ring (bicyclic) bond motifs is 7. The standard InChI is InChI=1S/C25H29BrO5S/c1-24-9-8-16-15-5-3-14(28)10-13(15)2-4-17(16)18(24)11-21-25(24,20(29)12-27)31-23(30-21)19-6-7-22(26)32-19/h6-7,10,15-18,21,23,27H,2-5,8-9,11-12H2,1H3/t15-,16+,17+,18-,21+,23-,24-,25+/m0/s1. The number of ketones is 2. The molecule has 1 saturated heterocycles. The molecule has 2 heterocycles. The Morgan fingerprint density at radius 1 is 1.25 bits per heavy atom. The van der Waals surface area contributed by atoms with Crippen LogP contribution in [-0.4, -0.2) is 35.0 Å². The van der Waals surface area contributed by atoms with E-state index in [-0.39, 0.29) is 23.1 Å². The summed E-state index contributed by atoms with van der Waals surface area (Å²) in [6.07, 6.45) is 7.47. The Balaban J connectivity index is 1.35. The van der Waals surface area contributed by atoms with Crippen molar-refractivity contribution in [3.8, 4) is 0 Å². The molecule has 0 unspecified atom stereocenters. The Bertz CT molecular complexity index is 1000. The fourth-order valence-corrected chi connectivity index (χ4v) is 9.52. The first kappa shape index (κ1) is 21.7. The van der Waals surface area contributed by atoms with Crippen molar-refractivity contribution in [2.75, 3.05) is 6.61 Å². The van der Waals surface area contributed by atoms with E-state index in [1.807, 2.05) is 18.2 Å². The molecular formula is C25H29BrO5S. The van der Waals surface area contributed by atoms with Gasteiger partial charge < -0.3 is 14.6 Å². The highest BCUT2D eigenvalue weighted by molar-refractivity contribution is 9.11.